The molecular weight excluding hydrogens is 470 g/mol. The molecule has 4 aliphatic rings. The standard InChI is InChI=1S/C27H33N7O3/c1-17(18-10-25(35)29-12-18)37-27-26-24(30-16-34(26)19-2-3-19)11-23(31-27)22-5-4-20(13-28-22)32-6-8-33(9-7-32)21-14-36-15-21/h4-5,11,13,16-19,21H,2-3,6-10,12,14-15H2,1H3,(H,29,35)/t17-,18?/m1/s1. The van der Waals surface area contributed by atoms with Crippen LogP contribution in [0.15, 0.2) is 30.7 Å². The van der Waals surface area contributed by atoms with Gasteiger partial charge in [-0.25, -0.2) is 9.97 Å². The normalized spacial score (nSPS) is 23.8. The van der Waals surface area contributed by atoms with Gasteiger partial charge < -0.3 is 24.3 Å². The average molecular weight is 504 g/mol. The molecule has 0 spiro atoms. The molecule has 2 atom stereocenters. The lowest BCUT2D eigenvalue weighted by Gasteiger charge is -2.43. The van der Waals surface area contributed by atoms with Gasteiger partial charge in [-0.2, -0.15) is 0 Å². The number of carbonyl (C=O) groups excluding carboxylic acids is 1. The first-order valence-electron chi connectivity index (χ1n) is 13.5. The molecule has 4 fully saturated rings. The number of nitrogens with zero attached hydrogens (tertiary/aromatic N) is 6. The van der Waals surface area contributed by atoms with Crippen molar-refractivity contribution in [2.45, 2.75) is 44.4 Å². The van der Waals surface area contributed by atoms with Crippen molar-refractivity contribution in [3.63, 3.8) is 0 Å². The smallest absolute Gasteiger partial charge is 0.241 e. The lowest BCUT2D eigenvalue weighted by molar-refractivity contribution is -0.119. The minimum Gasteiger partial charge on any atom is -0.473 e. The third-order valence-electron chi connectivity index (χ3n) is 8.26. The van der Waals surface area contributed by atoms with Crippen molar-refractivity contribution in [1.29, 1.82) is 0 Å². The second kappa shape index (κ2) is 9.25. The summed E-state index contributed by atoms with van der Waals surface area (Å²) >= 11 is 0. The van der Waals surface area contributed by atoms with Gasteiger partial charge in [0.25, 0.3) is 0 Å². The monoisotopic (exact) mass is 503 g/mol. The van der Waals surface area contributed by atoms with Crippen LogP contribution in [-0.2, 0) is 9.53 Å². The van der Waals surface area contributed by atoms with Gasteiger partial charge >= 0.3 is 0 Å². The SMILES string of the molecule is C[C@@H](Oc1nc(-c2ccc(N3CCN(C4COC4)CC3)cn2)cc2ncn(C3CC3)c12)C1CNC(=O)C1. The summed E-state index contributed by atoms with van der Waals surface area (Å²) in [6, 6.07) is 7.24. The quantitative estimate of drug-likeness (QED) is 0.525. The Balaban J connectivity index is 1.13. The molecule has 10 nitrogen and oxygen atoms in total. The van der Waals surface area contributed by atoms with E-state index in [1.54, 1.807) is 0 Å². The number of anilines is 1. The summed E-state index contributed by atoms with van der Waals surface area (Å²) < 4.78 is 14.0. The molecule has 1 amide bonds. The second-order valence-corrected chi connectivity index (χ2v) is 10.8. The molecule has 3 aromatic rings. The van der Waals surface area contributed by atoms with E-state index in [4.69, 9.17) is 24.4 Å². The van der Waals surface area contributed by atoms with E-state index in [9.17, 15) is 4.79 Å². The predicted octanol–water partition coefficient (Wildman–Crippen LogP) is 2.25. The third kappa shape index (κ3) is 4.42. The molecule has 0 aromatic carbocycles. The molecule has 7 rings (SSSR count). The largest absolute Gasteiger partial charge is 0.473 e. The summed E-state index contributed by atoms with van der Waals surface area (Å²) in [5, 5.41) is 2.91. The van der Waals surface area contributed by atoms with E-state index in [0.717, 1.165) is 80.3 Å². The molecule has 194 valence electrons. The lowest BCUT2D eigenvalue weighted by Crippen LogP contribution is -2.56. The molecule has 6 heterocycles. The Morgan fingerprint density at radius 1 is 1.08 bits per heavy atom. The van der Waals surface area contributed by atoms with Crippen molar-refractivity contribution in [2.24, 2.45) is 5.92 Å². The number of piperazine rings is 1. The lowest BCUT2D eigenvalue weighted by atomic mass is 10.0. The Morgan fingerprint density at radius 3 is 2.57 bits per heavy atom. The fraction of sp³-hybridized carbons (Fsp3) is 0.556. The molecule has 0 bridgehead atoms. The van der Waals surface area contributed by atoms with Crippen LogP contribution in [0.2, 0.25) is 0 Å². The van der Waals surface area contributed by atoms with Crippen molar-refractivity contribution in [3.05, 3.63) is 30.7 Å². The Labute approximate surface area is 216 Å². The van der Waals surface area contributed by atoms with Gasteiger partial charge in [0.15, 0.2) is 0 Å². The van der Waals surface area contributed by atoms with Gasteiger partial charge in [0.05, 0.1) is 54.4 Å². The summed E-state index contributed by atoms with van der Waals surface area (Å²) in [5.41, 5.74) is 4.48. The highest BCUT2D eigenvalue weighted by molar-refractivity contribution is 5.84. The molecule has 3 aliphatic heterocycles. The van der Waals surface area contributed by atoms with Crippen molar-refractivity contribution < 1.29 is 14.3 Å². The minimum atomic E-state index is -0.145. The number of amides is 1. The number of imidazole rings is 1. The van der Waals surface area contributed by atoms with E-state index in [0.29, 0.717) is 30.9 Å². The first-order valence-corrected chi connectivity index (χ1v) is 13.5. The van der Waals surface area contributed by atoms with Crippen LogP contribution >= 0.6 is 0 Å². The first kappa shape index (κ1) is 22.9. The van der Waals surface area contributed by atoms with Crippen molar-refractivity contribution in [3.8, 4) is 17.3 Å². The zero-order valence-electron chi connectivity index (χ0n) is 21.2. The number of pyridine rings is 2. The number of ether oxygens (including phenoxy) is 2. The highest BCUT2D eigenvalue weighted by Crippen LogP contribution is 2.40. The summed E-state index contributed by atoms with van der Waals surface area (Å²) in [6.07, 6.45) is 6.48. The van der Waals surface area contributed by atoms with Gasteiger partial charge in [-0.1, -0.05) is 0 Å². The number of fused-ring (bicyclic) bond motifs is 1. The zero-order valence-corrected chi connectivity index (χ0v) is 21.2. The number of aromatic nitrogens is 4. The number of nitrogens with one attached hydrogen (secondary N) is 1. The molecule has 1 N–H and O–H groups in total. The van der Waals surface area contributed by atoms with Gasteiger partial charge in [-0.3, -0.25) is 14.7 Å². The van der Waals surface area contributed by atoms with Gasteiger partial charge in [0, 0.05) is 51.1 Å². The summed E-state index contributed by atoms with van der Waals surface area (Å²) in [5.74, 6) is 0.781. The Morgan fingerprint density at radius 2 is 1.92 bits per heavy atom. The summed E-state index contributed by atoms with van der Waals surface area (Å²) in [6.45, 7) is 8.49. The molecule has 10 heteroatoms. The highest BCUT2D eigenvalue weighted by atomic mass is 16.5. The van der Waals surface area contributed by atoms with Crippen LogP contribution in [0.3, 0.4) is 0 Å². The molecule has 3 saturated heterocycles. The molecular formula is C27H33N7O3. The van der Waals surface area contributed by atoms with Crippen LogP contribution in [0.1, 0.15) is 32.2 Å². The highest BCUT2D eigenvalue weighted by Gasteiger charge is 2.32. The average Bonchev–Trinajstić information content (AvgIpc) is 3.48. The van der Waals surface area contributed by atoms with Crippen LogP contribution in [-0.4, -0.2) is 88.4 Å². The fourth-order valence-electron chi connectivity index (χ4n) is 5.60. The minimum absolute atomic E-state index is 0.0816. The zero-order chi connectivity index (χ0) is 24.9. The van der Waals surface area contributed by atoms with Crippen LogP contribution in [0.25, 0.3) is 22.4 Å². The maximum atomic E-state index is 11.8. The van der Waals surface area contributed by atoms with Gasteiger partial charge in [0.2, 0.25) is 11.8 Å². The van der Waals surface area contributed by atoms with E-state index in [-0.39, 0.29) is 17.9 Å². The number of carbonyl (C=O) groups is 1. The maximum absolute atomic E-state index is 11.8. The van der Waals surface area contributed by atoms with E-state index < -0.39 is 0 Å². The summed E-state index contributed by atoms with van der Waals surface area (Å²) in [4.78, 5) is 31.1. The maximum Gasteiger partial charge on any atom is 0.241 e. The number of hydrogen-bond donors (Lipinski definition) is 1. The summed E-state index contributed by atoms with van der Waals surface area (Å²) in [7, 11) is 0. The molecule has 1 unspecified atom stereocenters. The van der Waals surface area contributed by atoms with E-state index in [1.165, 1.54) is 0 Å². The predicted molar refractivity (Wildman–Crippen MR) is 139 cm³/mol. The first-order chi connectivity index (χ1) is 18.1. The topological polar surface area (TPSA) is 97.6 Å². The van der Waals surface area contributed by atoms with Crippen LogP contribution in [0, 0.1) is 5.92 Å². The van der Waals surface area contributed by atoms with Crippen LogP contribution in [0.5, 0.6) is 5.88 Å². The molecule has 0 radical (unpaired) electrons. The van der Waals surface area contributed by atoms with E-state index >= 15 is 0 Å². The van der Waals surface area contributed by atoms with Crippen molar-refractivity contribution in [2.75, 3.05) is 50.8 Å². The van der Waals surface area contributed by atoms with Gasteiger partial charge in [-0.15, -0.1) is 0 Å². The fourth-order valence-corrected chi connectivity index (χ4v) is 5.60. The molecule has 1 aliphatic carbocycles. The number of hydrogen-bond acceptors (Lipinski definition) is 8. The van der Waals surface area contributed by atoms with E-state index in [2.05, 4.69) is 25.8 Å². The molecule has 37 heavy (non-hydrogen) atoms. The molecule has 3 aromatic heterocycles. The number of rotatable bonds is 7. The van der Waals surface area contributed by atoms with Crippen LogP contribution in [0.4, 0.5) is 5.69 Å². The Hall–Kier alpha value is -3.24. The van der Waals surface area contributed by atoms with Gasteiger partial charge in [-0.05, 0) is 38.0 Å². The van der Waals surface area contributed by atoms with Crippen molar-refractivity contribution >= 4 is 22.6 Å². The van der Waals surface area contributed by atoms with Crippen molar-refractivity contribution in [1.82, 2.24) is 29.7 Å². The Kier molecular flexibility index (Phi) is 5.73. The van der Waals surface area contributed by atoms with Gasteiger partial charge in [0.1, 0.15) is 11.6 Å². The second-order valence-electron chi connectivity index (χ2n) is 10.8. The van der Waals surface area contributed by atoms with E-state index in [1.807, 2.05) is 31.6 Å². The molecule has 1 saturated carbocycles. The van der Waals surface area contributed by atoms with Crippen LogP contribution < -0.4 is 15.0 Å². The Bertz CT molecular complexity index is 1290. The third-order valence-corrected chi connectivity index (χ3v) is 8.26.